The summed E-state index contributed by atoms with van der Waals surface area (Å²) in [6.45, 7) is 2.21. The van der Waals surface area contributed by atoms with E-state index in [2.05, 4.69) is 16.8 Å². The topological polar surface area (TPSA) is 76.3 Å². The van der Waals surface area contributed by atoms with Gasteiger partial charge in [0, 0.05) is 36.8 Å². The minimum atomic E-state index is -3.56. The van der Waals surface area contributed by atoms with Gasteiger partial charge in [-0.15, -0.1) is 0 Å². The van der Waals surface area contributed by atoms with Crippen molar-refractivity contribution in [1.29, 1.82) is 0 Å². The van der Waals surface area contributed by atoms with Gasteiger partial charge < -0.3 is 5.73 Å². The average Bonchev–Trinajstić information content (AvgIpc) is 2.50. The lowest BCUT2D eigenvalue weighted by Gasteiger charge is -2.25. The molecule has 0 aliphatic carbocycles. The van der Waals surface area contributed by atoms with Crippen molar-refractivity contribution in [1.82, 2.24) is 9.29 Å². The lowest BCUT2D eigenvalue weighted by molar-refractivity contribution is 0.385. The summed E-state index contributed by atoms with van der Waals surface area (Å²) in [5, 5.41) is 0. The fourth-order valence-electron chi connectivity index (χ4n) is 1.82. The van der Waals surface area contributed by atoms with Crippen LogP contribution in [0.25, 0.3) is 0 Å². The smallest absolute Gasteiger partial charge is 0.244 e. The third kappa shape index (κ3) is 4.71. The van der Waals surface area contributed by atoms with Gasteiger partial charge >= 0.3 is 0 Å². The van der Waals surface area contributed by atoms with Crippen LogP contribution in [0.5, 0.6) is 0 Å². The molecule has 116 valence electrons. The maximum absolute atomic E-state index is 12.6. The predicted molar refractivity (Wildman–Crippen MR) is 87.6 cm³/mol. The number of aromatic nitrogens is 1. The highest BCUT2D eigenvalue weighted by molar-refractivity contribution is 7.98. The number of rotatable bonds is 6. The summed E-state index contributed by atoms with van der Waals surface area (Å²) in [7, 11) is -1.95. The first kappa shape index (κ1) is 18.0. The molecule has 0 bridgehead atoms. The number of nitrogens with two attached hydrogens (primary N) is 1. The Morgan fingerprint density at radius 2 is 2.19 bits per heavy atom. The Labute approximate surface area is 131 Å². The minimum Gasteiger partial charge on any atom is -0.320 e. The molecule has 1 rings (SSSR count). The van der Waals surface area contributed by atoms with E-state index < -0.39 is 10.0 Å². The summed E-state index contributed by atoms with van der Waals surface area (Å²) in [6, 6.07) is 1.50. The molecule has 1 aromatic heterocycles. The molecule has 7 heteroatoms. The molecule has 0 aliphatic rings. The van der Waals surface area contributed by atoms with Crippen molar-refractivity contribution in [3.05, 3.63) is 24.0 Å². The van der Waals surface area contributed by atoms with E-state index in [0.717, 1.165) is 12.2 Å². The van der Waals surface area contributed by atoms with Crippen LogP contribution in [0.2, 0.25) is 0 Å². The summed E-state index contributed by atoms with van der Waals surface area (Å²) >= 11 is 1.63. The van der Waals surface area contributed by atoms with Crippen LogP contribution in [-0.4, -0.2) is 49.3 Å². The Balaban J connectivity index is 3.12. The monoisotopic (exact) mass is 327 g/mol. The van der Waals surface area contributed by atoms with Crippen LogP contribution < -0.4 is 5.73 Å². The Kier molecular flexibility index (Phi) is 7.18. The van der Waals surface area contributed by atoms with Gasteiger partial charge in [-0.05, 0) is 18.7 Å². The minimum absolute atomic E-state index is 0.0382. The molecule has 2 N–H and O–H groups in total. The molecule has 1 heterocycles. The molecule has 0 amide bonds. The van der Waals surface area contributed by atoms with Gasteiger partial charge in [0.05, 0.1) is 6.54 Å². The van der Waals surface area contributed by atoms with Gasteiger partial charge in [0.15, 0.2) is 0 Å². The molecule has 1 atom stereocenters. The van der Waals surface area contributed by atoms with Crippen molar-refractivity contribution >= 4 is 21.8 Å². The van der Waals surface area contributed by atoms with Crippen LogP contribution in [0.3, 0.4) is 0 Å². The van der Waals surface area contributed by atoms with Gasteiger partial charge in [0.2, 0.25) is 10.0 Å². The maximum atomic E-state index is 12.6. The SMILES string of the molecule is CCC(CSC)N(C)S(=O)(=O)c1cncc(C#CCN)c1. The molecule has 0 saturated heterocycles. The first-order valence-electron chi connectivity index (χ1n) is 6.58. The lowest BCUT2D eigenvalue weighted by Crippen LogP contribution is -2.38. The summed E-state index contributed by atoms with van der Waals surface area (Å²) in [5.41, 5.74) is 5.87. The Bertz CT molecular complexity index is 621. The zero-order valence-electron chi connectivity index (χ0n) is 12.5. The summed E-state index contributed by atoms with van der Waals surface area (Å²) in [5.74, 6) is 6.25. The highest BCUT2D eigenvalue weighted by Crippen LogP contribution is 2.19. The number of sulfonamides is 1. The normalized spacial score (nSPS) is 12.8. The first-order valence-corrected chi connectivity index (χ1v) is 9.41. The van der Waals surface area contributed by atoms with Crippen molar-refractivity contribution in [2.75, 3.05) is 25.6 Å². The van der Waals surface area contributed by atoms with E-state index in [4.69, 9.17) is 5.73 Å². The van der Waals surface area contributed by atoms with Crippen LogP contribution in [0, 0.1) is 11.8 Å². The average molecular weight is 327 g/mol. The molecule has 0 aliphatic heterocycles. The van der Waals surface area contributed by atoms with E-state index in [-0.39, 0.29) is 17.5 Å². The van der Waals surface area contributed by atoms with Crippen LogP contribution >= 0.6 is 11.8 Å². The van der Waals surface area contributed by atoms with Crippen LogP contribution in [0.4, 0.5) is 0 Å². The van der Waals surface area contributed by atoms with Crippen molar-refractivity contribution in [2.24, 2.45) is 5.73 Å². The van der Waals surface area contributed by atoms with E-state index in [1.165, 1.54) is 22.8 Å². The molecular formula is C14H21N3O2S2. The Morgan fingerprint density at radius 1 is 1.48 bits per heavy atom. The molecule has 0 saturated carbocycles. The van der Waals surface area contributed by atoms with Crippen LogP contribution in [0.15, 0.2) is 23.4 Å². The molecule has 1 unspecified atom stereocenters. The van der Waals surface area contributed by atoms with E-state index >= 15 is 0 Å². The molecule has 0 spiro atoms. The molecule has 21 heavy (non-hydrogen) atoms. The van der Waals surface area contributed by atoms with Crippen molar-refractivity contribution in [3.8, 4) is 11.8 Å². The summed E-state index contributed by atoms with van der Waals surface area (Å²) in [4.78, 5) is 4.12. The molecule has 0 fully saturated rings. The van der Waals surface area contributed by atoms with Gasteiger partial charge in [-0.1, -0.05) is 18.8 Å². The largest absolute Gasteiger partial charge is 0.320 e. The van der Waals surface area contributed by atoms with E-state index in [9.17, 15) is 8.42 Å². The third-order valence-corrected chi connectivity index (χ3v) is 5.66. The fourth-order valence-corrected chi connectivity index (χ4v) is 4.17. The molecular weight excluding hydrogens is 306 g/mol. The number of hydrogen-bond acceptors (Lipinski definition) is 5. The second kappa shape index (κ2) is 8.39. The maximum Gasteiger partial charge on any atom is 0.244 e. The lowest BCUT2D eigenvalue weighted by atomic mass is 10.3. The second-order valence-electron chi connectivity index (χ2n) is 4.45. The van der Waals surface area contributed by atoms with Crippen molar-refractivity contribution < 1.29 is 8.42 Å². The van der Waals surface area contributed by atoms with Gasteiger partial charge in [0.1, 0.15) is 4.90 Å². The summed E-state index contributed by atoms with van der Waals surface area (Å²) < 4.78 is 26.7. The van der Waals surface area contributed by atoms with E-state index in [0.29, 0.717) is 5.56 Å². The number of hydrogen-bond donors (Lipinski definition) is 1. The Morgan fingerprint density at radius 3 is 2.76 bits per heavy atom. The zero-order valence-corrected chi connectivity index (χ0v) is 14.2. The van der Waals surface area contributed by atoms with Crippen molar-refractivity contribution in [3.63, 3.8) is 0 Å². The third-order valence-electron chi connectivity index (χ3n) is 3.07. The second-order valence-corrected chi connectivity index (χ2v) is 7.36. The van der Waals surface area contributed by atoms with E-state index in [1.54, 1.807) is 18.8 Å². The first-order chi connectivity index (χ1) is 9.97. The van der Waals surface area contributed by atoms with Crippen molar-refractivity contribution in [2.45, 2.75) is 24.3 Å². The van der Waals surface area contributed by atoms with Gasteiger partial charge in [0.25, 0.3) is 0 Å². The van der Waals surface area contributed by atoms with E-state index in [1.807, 2.05) is 13.2 Å². The number of pyridine rings is 1. The molecule has 0 radical (unpaired) electrons. The predicted octanol–water partition coefficient (Wildman–Crippen LogP) is 1.15. The zero-order chi connectivity index (χ0) is 15.9. The van der Waals surface area contributed by atoms with Crippen LogP contribution in [-0.2, 0) is 10.0 Å². The fraction of sp³-hybridized carbons (Fsp3) is 0.500. The molecule has 5 nitrogen and oxygen atoms in total. The number of nitrogens with zero attached hydrogens (tertiary/aromatic N) is 2. The van der Waals surface area contributed by atoms with Gasteiger partial charge in [-0.2, -0.15) is 16.1 Å². The standard InChI is InChI=1S/C14H21N3O2S2/c1-4-13(11-20-3)17(2)21(18,19)14-8-12(6-5-7-15)9-16-10-14/h8-10,13H,4,7,11,15H2,1-3H3. The highest BCUT2D eigenvalue weighted by atomic mass is 32.2. The van der Waals surface area contributed by atoms with Crippen LogP contribution in [0.1, 0.15) is 18.9 Å². The summed E-state index contributed by atoms with van der Waals surface area (Å²) in [6.07, 6.45) is 5.61. The highest BCUT2D eigenvalue weighted by Gasteiger charge is 2.27. The quantitative estimate of drug-likeness (QED) is 0.793. The van der Waals surface area contributed by atoms with Gasteiger partial charge in [-0.3, -0.25) is 4.98 Å². The Hall–Kier alpha value is -1.07. The molecule has 0 aromatic carbocycles. The number of thioether (sulfide) groups is 1. The molecule has 1 aromatic rings. The van der Waals surface area contributed by atoms with Gasteiger partial charge in [-0.25, -0.2) is 8.42 Å².